The van der Waals surface area contributed by atoms with Crippen LogP contribution in [-0.4, -0.2) is 15.1 Å². The van der Waals surface area contributed by atoms with Gasteiger partial charge in [-0.05, 0) is 18.9 Å². The first-order valence-electron chi connectivity index (χ1n) is 5.92. The van der Waals surface area contributed by atoms with E-state index in [2.05, 4.69) is 16.2 Å². The van der Waals surface area contributed by atoms with Crippen LogP contribution in [-0.2, 0) is 25.9 Å². The standard InChI is InChI=1S/C15H15N2O.Ru/c1-3-12-10-16-14(17-15(12)18)13-7-5-4-6-11(2)8-9-13;/h4-9H,3H2,1-2H3,(H,16,17,18);/q-1;+1. The SMILES string of the molecule is CCc1[c-]nc(C2=CC=CC=C(C)C=C2)nc1O.[Ru+]. The Morgan fingerprint density at radius 1 is 1.21 bits per heavy atom. The normalized spacial score (nSPS) is 14.0. The molecule has 0 saturated heterocycles. The molecule has 0 aliphatic heterocycles. The van der Waals surface area contributed by atoms with Gasteiger partial charge in [-0.15, -0.1) is 0 Å². The van der Waals surface area contributed by atoms with Crippen molar-refractivity contribution in [1.29, 1.82) is 0 Å². The zero-order chi connectivity index (χ0) is 13.0. The van der Waals surface area contributed by atoms with Crippen molar-refractivity contribution in [2.75, 3.05) is 0 Å². The van der Waals surface area contributed by atoms with Crippen LogP contribution in [0.25, 0.3) is 5.57 Å². The minimum absolute atomic E-state index is 0. The third kappa shape index (κ3) is 3.97. The Morgan fingerprint density at radius 3 is 2.63 bits per heavy atom. The predicted molar refractivity (Wildman–Crippen MR) is 71.9 cm³/mol. The molecule has 3 nitrogen and oxygen atoms in total. The molecule has 0 fully saturated rings. The molecule has 2 rings (SSSR count). The predicted octanol–water partition coefficient (Wildman–Crippen LogP) is 3.00. The van der Waals surface area contributed by atoms with Gasteiger partial charge in [0.05, 0.1) is 0 Å². The Kier molecular flexibility index (Phi) is 5.84. The summed E-state index contributed by atoms with van der Waals surface area (Å²) in [5.41, 5.74) is 2.64. The monoisotopic (exact) mass is 341 g/mol. The number of rotatable bonds is 2. The van der Waals surface area contributed by atoms with Gasteiger partial charge in [-0.3, -0.25) is 0 Å². The molecule has 0 bridgehead atoms. The molecule has 0 unspecified atom stereocenters. The number of allylic oxidation sites excluding steroid dienone is 8. The van der Waals surface area contributed by atoms with Crippen molar-refractivity contribution in [3.8, 4) is 5.88 Å². The number of nitrogens with zero attached hydrogens (tertiary/aromatic N) is 2. The fourth-order valence-electron chi connectivity index (χ4n) is 1.58. The van der Waals surface area contributed by atoms with Gasteiger partial charge in [-0.25, -0.2) is 0 Å². The number of aryl methyl sites for hydroxylation is 1. The molecule has 1 aliphatic rings. The van der Waals surface area contributed by atoms with Crippen LogP contribution >= 0.6 is 0 Å². The number of hydrogen-bond acceptors (Lipinski definition) is 3. The van der Waals surface area contributed by atoms with Crippen molar-refractivity contribution in [2.24, 2.45) is 0 Å². The van der Waals surface area contributed by atoms with Crippen LogP contribution in [0, 0.1) is 6.20 Å². The van der Waals surface area contributed by atoms with Gasteiger partial charge in [0, 0.05) is 5.82 Å². The molecule has 0 spiro atoms. The summed E-state index contributed by atoms with van der Waals surface area (Å²) in [6.45, 7) is 3.95. The molecule has 0 saturated carbocycles. The molecule has 0 aromatic carbocycles. The second kappa shape index (κ2) is 7.15. The van der Waals surface area contributed by atoms with Crippen LogP contribution in [0.15, 0.2) is 42.0 Å². The summed E-state index contributed by atoms with van der Waals surface area (Å²) < 4.78 is 0. The zero-order valence-electron chi connectivity index (χ0n) is 10.9. The van der Waals surface area contributed by atoms with Gasteiger partial charge in [-0.2, -0.15) is 0 Å². The van der Waals surface area contributed by atoms with E-state index in [1.807, 2.05) is 50.3 Å². The van der Waals surface area contributed by atoms with E-state index >= 15 is 0 Å². The summed E-state index contributed by atoms with van der Waals surface area (Å²) in [6, 6.07) is 0. The maximum absolute atomic E-state index is 9.74. The Morgan fingerprint density at radius 2 is 1.95 bits per heavy atom. The zero-order valence-corrected chi connectivity index (χ0v) is 12.6. The second-order valence-corrected chi connectivity index (χ2v) is 4.07. The van der Waals surface area contributed by atoms with Crippen molar-refractivity contribution >= 4 is 5.57 Å². The molecule has 1 N–H and O–H groups in total. The van der Waals surface area contributed by atoms with Crippen LogP contribution in [0.4, 0.5) is 0 Å². The van der Waals surface area contributed by atoms with E-state index in [0.29, 0.717) is 17.8 Å². The third-order valence-electron chi connectivity index (χ3n) is 2.66. The van der Waals surface area contributed by atoms with Crippen molar-refractivity contribution < 1.29 is 24.6 Å². The summed E-state index contributed by atoms with van der Waals surface area (Å²) in [4.78, 5) is 8.27. The number of aromatic hydroxyl groups is 1. The first-order valence-corrected chi connectivity index (χ1v) is 5.92. The van der Waals surface area contributed by atoms with E-state index in [0.717, 1.165) is 11.1 Å². The van der Waals surface area contributed by atoms with Gasteiger partial charge in [-0.1, -0.05) is 60.7 Å². The van der Waals surface area contributed by atoms with E-state index in [4.69, 9.17) is 0 Å². The van der Waals surface area contributed by atoms with Gasteiger partial charge in [0.1, 0.15) is 5.88 Å². The van der Waals surface area contributed by atoms with E-state index in [1.54, 1.807) is 0 Å². The van der Waals surface area contributed by atoms with Gasteiger partial charge in [0.2, 0.25) is 0 Å². The molecule has 0 atom stereocenters. The molecule has 1 aromatic rings. The Hall–Kier alpha value is -1.54. The van der Waals surface area contributed by atoms with Gasteiger partial charge < -0.3 is 15.1 Å². The van der Waals surface area contributed by atoms with Crippen molar-refractivity contribution in [1.82, 2.24) is 9.97 Å². The maximum Gasteiger partial charge on any atom is 1.00 e. The van der Waals surface area contributed by atoms with E-state index in [1.165, 1.54) is 0 Å². The molecule has 0 amide bonds. The summed E-state index contributed by atoms with van der Waals surface area (Å²) in [5.74, 6) is 0.496. The second-order valence-electron chi connectivity index (χ2n) is 4.07. The molecular weight excluding hydrogens is 325 g/mol. The fourth-order valence-corrected chi connectivity index (χ4v) is 1.58. The summed E-state index contributed by atoms with van der Waals surface area (Å²) in [7, 11) is 0. The summed E-state index contributed by atoms with van der Waals surface area (Å²) >= 11 is 0. The Bertz CT molecular complexity index is 572. The van der Waals surface area contributed by atoms with Crippen molar-refractivity contribution in [2.45, 2.75) is 20.3 Å². The van der Waals surface area contributed by atoms with Gasteiger partial charge >= 0.3 is 19.5 Å². The first-order chi connectivity index (χ1) is 8.70. The molecule has 1 aliphatic carbocycles. The van der Waals surface area contributed by atoms with Crippen molar-refractivity contribution in [3.63, 3.8) is 0 Å². The van der Waals surface area contributed by atoms with Crippen LogP contribution in [0.5, 0.6) is 5.88 Å². The smallest absolute Gasteiger partial charge is 0.550 e. The van der Waals surface area contributed by atoms with Crippen LogP contribution < -0.4 is 0 Å². The molecule has 1 heterocycles. The quantitative estimate of drug-likeness (QED) is 0.665. The molecule has 99 valence electrons. The van der Waals surface area contributed by atoms with Gasteiger partial charge in [0.15, 0.2) is 0 Å². The largest absolute Gasteiger partial charge is 1.00 e. The Labute approximate surface area is 126 Å². The van der Waals surface area contributed by atoms with Gasteiger partial charge in [0.25, 0.3) is 0 Å². The third-order valence-corrected chi connectivity index (χ3v) is 2.66. The van der Waals surface area contributed by atoms with Crippen molar-refractivity contribution in [3.05, 3.63) is 59.6 Å². The van der Waals surface area contributed by atoms with E-state index < -0.39 is 0 Å². The Balaban J connectivity index is 0.00000180. The minimum Gasteiger partial charge on any atom is -0.550 e. The molecule has 1 radical (unpaired) electrons. The number of hydrogen-bond donors (Lipinski definition) is 1. The average Bonchev–Trinajstić information content (AvgIpc) is 2.34. The maximum atomic E-state index is 9.74. The van der Waals surface area contributed by atoms with Crippen LogP contribution in [0.3, 0.4) is 0 Å². The molecule has 1 aromatic heterocycles. The minimum atomic E-state index is 0. The molecule has 19 heavy (non-hydrogen) atoms. The van der Waals surface area contributed by atoms with Crippen LogP contribution in [0.1, 0.15) is 25.2 Å². The average molecular weight is 340 g/mol. The van der Waals surface area contributed by atoms with E-state index in [-0.39, 0.29) is 25.4 Å². The van der Waals surface area contributed by atoms with Crippen LogP contribution in [0.2, 0.25) is 0 Å². The summed E-state index contributed by atoms with van der Waals surface area (Å²) in [6.07, 6.45) is 15.2. The first kappa shape index (κ1) is 15.5. The fraction of sp³-hybridized carbons (Fsp3) is 0.200. The topological polar surface area (TPSA) is 46.0 Å². The van der Waals surface area contributed by atoms with E-state index in [9.17, 15) is 5.11 Å². The summed E-state index contributed by atoms with van der Waals surface area (Å²) in [5, 5.41) is 9.74. The molecule has 4 heteroatoms. The molecular formula is C15H15N2ORu. The number of aromatic nitrogens is 2.